The van der Waals surface area contributed by atoms with Crippen molar-refractivity contribution in [2.24, 2.45) is 0 Å². The van der Waals surface area contributed by atoms with Crippen LogP contribution in [0.5, 0.6) is 0 Å². The van der Waals surface area contributed by atoms with Gasteiger partial charge in [0.25, 0.3) is 23.6 Å². The molecule has 33 heavy (non-hydrogen) atoms. The summed E-state index contributed by atoms with van der Waals surface area (Å²) < 4.78 is 0. The van der Waals surface area contributed by atoms with Crippen molar-refractivity contribution in [3.05, 3.63) is 101 Å². The molecule has 3 heterocycles. The largest absolute Gasteiger partial charge is 0.268 e. The summed E-state index contributed by atoms with van der Waals surface area (Å²) in [5.41, 5.74) is 2.65. The lowest BCUT2D eigenvalue weighted by atomic mass is 10.0. The summed E-state index contributed by atoms with van der Waals surface area (Å²) in [6, 6.07) is 18.6. The molecule has 0 aliphatic carbocycles. The van der Waals surface area contributed by atoms with Crippen LogP contribution < -0.4 is 9.80 Å². The lowest BCUT2D eigenvalue weighted by Gasteiger charge is -2.18. The van der Waals surface area contributed by atoms with Crippen LogP contribution in [0.25, 0.3) is 10.9 Å². The topological polar surface area (TPSA) is 87.7 Å². The first-order valence-corrected chi connectivity index (χ1v) is 10.3. The molecule has 0 bridgehead atoms. The van der Waals surface area contributed by atoms with Crippen molar-refractivity contribution in [2.75, 3.05) is 9.80 Å². The van der Waals surface area contributed by atoms with E-state index in [0.29, 0.717) is 33.6 Å². The van der Waals surface area contributed by atoms with Crippen LogP contribution in [0.4, 0.5) is 11.4 Å². The molecule has 4 amide bonds. The number of hydrogen-bond acceptors (Lipinski definition) is 5. The molecule has 1 aromatic heterocycles. The normalized spacial score (nSPS) is 14.9. The molecule has 7 heteroatoms. The highest BCUT2D eigenvalue weighted by atomic mass is 16.2. The molecule has 7 nitrogen and oxygen atoms in total. The van der Waals surface area contributed by atoms with Crippen molar-refractivity contribution in [3.8, 4) is 0 Å². The van der Waals surface area contributed by atoms with Gasteiger partial charge in [-0.15, -0.1) is 0 Å². The number of nitrogens with zero attached hydrogens (tertiary/aromatic N) is 3. The Hall–Kier alpha value is -4.65. The highest BCUT2D eigenvalue weighted by Gasteiger charge is 2.42. The van der Waals surface area contributed by atoms with Gasteiger partial charge in [0.2, 0.25) is 0 Å². The minimum absolute atomic E-state index is 0.182. The van der Waals surface area contributed by atoms with E-state index in [1.807, 2.05) is 12.1 Å². The maximum absolute atomic E-state index is 13.5. The number of amides is 4. The summed E-state index contributed by atoms with van der Waals surface area (Å²) in [7, 11) is 0. The Balaban J connectivity index is 1.48. The summed E-state index contributed by atoms with van der Waals surface area (Å²) >= 11 is 0. The minimum Gasteiger partial charge on any atom is -0.268 e. The number of anilines is 2. The monoisotopic (exact) mass is 433 g/mol. The van der Waals surface area contributed by atoms with Gasteiger partial charge in [0.05, 0.1) is 39.1 Å². The van der Waals surface area contributed by atoms with Crippen molar-refractivity contribution in [3.63, 3.8) is 0 Å². The van der Waals surface area contributed by atoms with Gasteiger partial charge < -0.3 is 0 Å². The van der Waals surface area contributed by atoms with E-state index in [0.717, 1.165) is 15.2 Å². The number of benzene rings is 3. The maximum atomic E-state index is 13.5. The van der Waals surface area contributed by atoms with Gasteiger partial charge in [-0.3, -0.25) is 24.2 Å². The van der Waals surface area contributed by atoms with Crippen LogP contribution >= 0.6 is 0 Å². The highest BCUT2D eigenvalue weighted by molar-refractivity contribution is 6.38. The number of hydrogen-bond donors (Lipinski definition) is 0. The van der Waals surface area contributed by atoms with E-state index < -0.39 is 23.6 Å². The zero-order valence-electron chi connectivity index (χ0n) is 17.4. The van der Waals surface area contributed by atoms with Crippen LogP contribution in [0.1, 0.15) is 47.0 Å². The lowest BCUT2D eigenvalue weighted by Crippen LogP contribution is -2.31. The number of pyridine rings is 1. The van der Waals surface area contributed by atoms with Gasteiger partial charge in [-0.25, -0.2) is 9.80 Å². The summed E-state index contributed by atoms with van der Waals surface area (Å²) in [6.45, 7) is 1.65. The predicted molar refractivity (Wildman–Crippen MR) is 122 cm³/mol. The van der Waals surface area contributed by atoms with Gasteiger partial charge in [0.1, 0.15) is 0 Å². The molecular weight excluding hydrogens is 418 g/mol. The van der Waals surface area contributed by atoms with Crippen LogP contribution in [-0.2, 0) is 0 Å². The number of carbonyl (C=O) groups is 4. The molecule has 0 spiro atoms. The van der Waals surface area contributed by atoms with Crippen molar-refractivity contribution in [1.29, 1.82) is 0 Å². The standard InChI is InChI=1S/C26H15N3O4/c1-14-19(28-23(30)16-8-2-3-9-17(16)24(28)31)12-11-18-21(14)26(33)29(25(18)32)20-10-4-6-15-7-5-13-27-22(15)20/h2-13H,1H3. The third-order valence-electron chi connectivity index (χ3n) is 6.17. The van der Waals surface area contributed by atoms with Gasteiger partial charge in [-0.2, -0.15) is 0 Å². The summed E-state index contributed by atoms with van der Waals surface area (Å²) in [6.07, 6.45) is 1.61. The fourth-order valence-electron chi connectivity index (χ4n) is 4.62. The Morgan fingerprint density at radius 3 is 1.97 bits per heavy atom. The SMILES string of the molecule is Cc1c(N2C(=O)c3ccccc3C2=O)ccc2c1C(=O)N(c1cccc3cccnc13)C2=O. The van der Waals surface area contributed by atoms with Gasteiger partial charge in [0.15, 0.2) is 0 Å². The first-order valence-electron chi connectivity index (χ1n) is 10.3. The fourth-order valence-corrected chi connectivity index (χ4v) is 4.62. The molecule has 2 aliphatic heterocycles. The maximum Gasteiger partial charge on any atom is 0.266 e. The second-order valence-electron chi connectivity index (χ2n) is 7.92. The molecule has 0 unspecified atom stereocenters. The molecule has 158 valence electrons. The van der Waals surface area contributed by atoms with Gasteiger partial charge >= 0.3 is 0 Å². The van der Waals surface area contributed by atoms with Gasteiger partial charge in [-0.05, 0) is 48.9 Å². The molecule has 2 aliphatic rings. The zero-order chi connectivity index (χ0) is 22.9. The smallest absolute Gasteiger partial charge is 0.266 e. The summed E-state index contributed by atoms with van der Waals surface area (Å²) in [4.78, 5) is 59.3. The lowest BCUT2D eigenvalue weighted by molar-refractivity contribution is 0.0908. The average molecular weight is 433 g/mol. The van der Waals surface area contributed by atoms with Crippen LogP contribution in [0.15, 0.2) is 72.9 Å². The van der Waals surface area contributed by atoms with E-state index in [9.17, 15) is 19.2 Å². The number of para-hydroxylation sites is 1. The van der Waals surface area contributed by atoms with Crippen LogP contribution in [0.3, 0.4) is 0 Å². The van der Waals surface area contributed by atoms with Crippen molar-refractivity contribution < 1.29 is 19.2 Å². The minimum atomic E-state index is -0.510. The fraction of sp³-hybridized carbons (Fsp3) is 0.0385. The average Bonchev–Trinajstić information content (AvgIpc) is 3.24. The first-order chi connectivity index (χ1) is 16.0. The van der Waals surface area contributed by atoms with Crippen LogP contribution in [0.2, 0.25) is 0 Å². The second-order valence-corrected chi connectivity index (χ2v) is 7.92. The number of imide groups is 2. The molecule has 6 rings (SSSR count). The molecule has 0 saturated heterocycles. The Bertz CT molecular complexity index is 1530. The quantitative estimate of drug-likeness (QED) is 0.443. The molecule has 0 radical (unpaired) electrons. The van der Waals surface area contributed by atoms with E-state index >= 15 is 0 Å². The molecule has 0 atom stereocenters. The second kappa shape index (κ2) is 6.67. The number of aromatic nitrogens is 1. The van der Waals surface area contributed by atoms with E-state index in [-0.39, 0.29) is 11.1 Å². The van der Waals surface area contributed by atoms with Gasteiger partial charge in [0, 0.05) is 11.6 Å². The number of fused-ring (bicyclic) bond motifs is 3. The Labute approximate surface area is 187 Å². The molecular formula is C26H15N3O4. The van der Waals surface area contributed by atoms with Gasteiger partial charge in [-0.1, -0.05) is 30.3 Å². The third kappa shape index (κ3) is 2.47. The molecule has 0 fully saturated rings. The van der Waals surface area contributed by atoms with Crippen molar-refractivity contribution >= 4 is 45.9 Å². The number of carbonyl (C=O) groups excluding carboxylic acids is 4. The molecule has 4 aromatic rings. The van der Waals surface area contributed by atoms with Crippen LogP contribution in [0, 0.1) is 6.92 Å². The zero-order valence-corrected chi connectivity index (χ0v) is 17.4. The van der Waals surface area contributed by atoms with E-state index in [1.54, 1.807) is 61.7 Å². The third-order valence-corrected chi connectivity index (χ3v) is 6.17. The molecule has 3 aromatic carbocycles. The summed E-state index contributed by atoms with van der Waals surface area (Å²) in [5.74, 6) is -1.88. The van der Waals surface area contributed by atoms with E-state index in [2.05, 4.69) is 4.98 Å². The Morgan fingerprint density at radius 1 is 0.606 bits per heavy atom. The first kappa shape index (κ1) is 19.1. The van der Waals surface area contributed by atoms with Crippen molar-refractivity contribution in [1.82, 2.24) is 4.98 Å². The predicted octanol–water partition coefficient (Wildman–Crippen LogP) is 4.14. The van der Waals surface area contributed by atoms with Crippen LogP contribution in [-0.4, -0.2) is 28.6 Å². The Kier molecular flexibility index (Phi) is 3.85. The molecule has 0 saturated carbocycles. The number of rotatable bonds is 2. The summed E-state index contributed by atoms with van der Waals surface area (Å²) in [5, 5.41) is 0.801. The van der Waals surface area contributed by atoms with Crippen molar-refractivity contribution in [2.45, 2.75) is 6.92 Å². The highest BCUT2D eigenvalue weighted by Crippen LogP contribution is 2.38. The van der Waals surface area contributed by atoms with E-state index in [1.165, 1.54) is 6.07 Å². The Morgan fingerprint density at radius 2 is 1.24 bits per heavy atom. The molecule has 0 N–H and O–H groups in total. The van der Waals surface area contributed by atoms with E-state index in [4.69, 9.17) is 0 Å².